The maximum Gasteiger partial charge on any atom is 0.152 e. The number of carbonyl (C=O) groups is 1. The Labute approximate surface area is 80.3 Å². The van der Waals surface area contributed by atoms with Crippen molar-refractivity contribution in [1.29, 1.82) is 5.26 Å². The van der Waals surface area contributed by atoms with Crippen LogP contribution >= 0.6 is 0 Å². The molecule has 0 aliphatic carbocycles. The summed E-state index contributed by atoms with van der Waals surface area (Å²) >= 11 is 0. The van der Waals surface area contributed by atoms with Gasteiger partial charge in [-0.05, 0) is 31.3 Å². The number of nitrogens with zero attached hydrogens (tertiary/aromatic N) is 1. The smallest absolute Gasteiger partial charge is 0.152 e. The highest BCUT2D eigenvalue weighted by Gasteiger charge is 2.08. The summed E-state index contributed by atoms with van der Waals surface area (Å²) in [4.78, 5) is 10.7. The molecule has 0 N–H and O–H groups in total. The molecule has 0 aromatic carbocycles. The van der Waals surface area contributed by atoms with Gasteiger partial charge in [0.2, 0.25) is 0 Å². The van der Waals surface area contributed by atoms with Crippen molar-refractivity contribution >= 4 is 5.78 Å². The summed E-state index contributed by atoms with van der Waals surface area (Å²) in [6, 6.07) is 2.12. The third-order valence-corrected chi connectivity index (χ3v) is 2.02. The number of nitriles is 1. The van der Waals surface area contributed by atoms with Crippen molar-refractivity contribution in [2.45, 2.75) is 33.6 Å². The van der Waals surface area contributed by atoms with E-state index >= 15 is 0 Å². The number of hydrogen-bond acceptors (Lipinski definition) is 2. The molecule has 72 valence electrons. The van der Waals surface area contributed by atoms with E-state index in [0.29, 0.717) is 18.3 Å². The molecular formula is C11H17NO. The van der Waals surface area contributed by atoms with Gasteiger partial charge in [0.25, 0.3) is 0 Å². The summed E-state index contributed by atoms with van der Waals surface area (Å²) in [7, 11) is 0. The van der Waals surface area contributed by atoms with Crippen molar-refractivity contribution in [2.75, 3.05) is 0 Å². The van der Waals surface area contributed by atoms with E-state index in [1.165, 1.54) is 6.92 Å². The third kappa shape index (κ3) is 6.10. The van der Waals surface area contributed by atoms with Crippen LogP contribution in [0, 0.1) is 23.2 Å². The Hall–Kier alpha value is -1.10. The minimum Gasteiger partial charge on any atom is -0.295 e. The Morgan fingerprint density at radius 1 is 1.54 bits per heavy atom. The van der Waals surface area contributed by atoms with Crippen molar-refractivity contribution < 1.29 is 4.79 Å². The Balaban J connectivity index is 4.11. The fourth-order valence-corrected chi connectivity index (χ4v) is 1.14. The first-order valence-electron chi connectivity index (χ1n) is 4.63. The van der Waals surface area contributed by atoms with Crippen molar-refractivity contribution in [3.63, 3.8) is 0 Å². The maximum absolute atomic E-state index is 10.7. The molecule has 0 amide bonds. The Morgan fingerprint density at radius 3 is 2.54 bits per heavy atom. The van der Waals surface area contributed by atoms with Gasteiger partial charge >= 0.3 is 0 Å². The highest BCUT2D eigenvalue weighted by molar-refractivity contribution is 5.87. The molecule has 1 unspecified atom stereocenters. The Bertz CT molecular complexity index is 223. The number of ketones is 1. The highest BCUT2D eigenvalue weighted by Crippen LogP contribution is 2.18. The minimum absolute atomic E-state index is 0.0719. The van der Waals surface area contributed by atoms with E-state index in [9.17, 15) is 4.79 Å². The SMILES string of the molecule is CC(=O)/C=C/C(CCC#N)C(C)C. The van der Waals surface area contributed by atoms with Gasteiger partial charge in [-0.2, -0.15) is 5.26 Å². The summed E-state index contributed by atoms with van der Waals surface area (Å²) in [5, 5.41) is 8.43. The normalized spacial score (nSPS) is 13.2. The maximum atomic E-state index is 10.7. The van der Waals surface area contributed by atoms with E-state index in [1.54, 1.807) is 6.08 Å². The quantitative estimate of drug-likeness (QED) is 0.609. The fourth-order valence-electron chi connectivity index (χ4n) is 1.14. The first-order valence-corrected chi connectivity index (χ1v) is 4.63. The molecule has 0 radical (unpaired) electrons. The molecule has 2 heteroatoms. The molecule has 1 atom stereocenters. The predicted molar refractivity (Wildman–Crippen MR) is 53.0 cm³/mol. The van der Waals surface area contributed by atoms with E-state index in [2.05, 4.69) is 19.9 Å². The van der Waals surface area contributed by atoms with Crippen LogP contribution < -0.4 is 0 Å². The first-order chi connectivity index (χ1) is 6.07. The summed E-state index contributed by atoms with van der Waals surface area (Å²) in [6.45, 7) is 5.75. The molecule has 0 saturated heterocycles. The molecule has 13 heavy (non-hydrogen) atoms. The summed E-state index contributed by atoms with van der Waals surface area (Å²) in [5.74, 6) is 0.912. The van der Waals surface area contributed by atoms with Crippen molar-refractivity contribution in [2.24, 2.45) is 11.8 Å². The van der Waals surface area contributed by atoms with Gasteiger partial charge in [-0.1, -0.05) is 19.9 Å². The molecule has 2 nitrogen and oxygen atoms in total. The number of hydrogen-bond donors (Lipinski definition) is 0. The van der Waals surface area contributed by atoms with Crippen molar-refractivity contribution in [3.8, 4) is 6.07 Å². The van der Waals surface area contributed by atoms with Crippen molar-refractivity contribution in [1.82, 2.24) is 0 Å². The van der Waals surface area contributed by atoms with Gasteiger partial charge in [0.15, 0.2) is 5.78 Å². The topological polar surface area (TPSA) is 40.9 Å². The third-order valence-electron chi connectivity index (χ3n) is 2.02. The van der Waals surface area contributed by atoms with Gasteiger partial charge in [-0.25, -0.2) is 0 Å². The lowest BCUT2D eigenvalue weighted by atomic mass is 9.91. The molecule has 0 spiro atoms. The van der Waals surface area contributed by atoms with Crippen LogP contribution in [0.2, 0.25) is 0 Å². The van der Waals surface area contributed by atoms with Crippen LogP contribution in [-0.4, -0.2) is 5.78 Å². The van der Waals surface area contributed by atoms with Gasteiger partial charge in [-0.15, -0.1) is 0 Å². The van der Waals surface area contributed by atoms with Crippen LogP contribution in [-0.2, 0) is 4.79 Å². The highest BCUT2D eigenvalue weighted by atomic mass is 16.1. The molecule has 0 heterocycles. The van der Waals surface area contributed by atoms with Crippen molar-refractivity contribution in [3.05, 3.63) is 12.2 Å². The zero-order valence-electron chi connectivity index (χ0n) is 8.58. The molecule has 0 aromatic heterocycles. The number of allylic oxidation sites excluding steroid dienone is 2. The number of carbonyl (C=O) groups excluding carboxylic acids is 1. The minimum atomic E-state index is 0.0719. The zero-order valence-corrected chi connectivity index (χ0v) is 8.58. The Kier molecular flexibility index (Phi) is 5.88. The van der Waals surface area contributed by atoms with Crippen LogP contribution in [0.15, 0.2) is 12.2 Å². The van der Waals surface area contributed by atoms with E-state index in [0.717, 1.165) is 6.42 Å². The summed E-state index contributed by atoms with van der Waals surface area (Å²) < 4.78 is 0. The molecule has 0 rings (SSSR count). The van der Waals surface area contributed by atoms with Crippen LogP contribution in [0.5, 0.6) is 0 Å². The standard InChI is InChI=1S/C11H17NO/c1-9(2)11(5-4-8-12)7-6-10(3)13/h6-7,9,11H,4-5H2,1-3H3/b7-6+. The lowest BCUT2D eigenvalue weighted by molar-refractivity contribution is -0.112. The van der Waals surface area contributed by atoms with Crippen LogP contribution in [0.4, 0.5) is 0 Å². The second kappa shape index (κ2) is 6.42. The van der Waals surface area contributed by atoms with Gasteiger partial charge in [-0.3, -0.25) is 4.79 Å². The summed E-state index contributed by atoms with van der Waals surface area (Å²) in [6.07, 6.45) is 4.93. The van der Waals surface area contributed by atoms with Gasteiger partial charge in [0, 0.05) is 6.42 Å². The predicted octanol–water partition coefficient (Wildman–Crippen LogP) is 2.71. The van der Waals surface area contributed by atoms with E-state index < -0.39 is 0 Å². The molecule has 0 saturated carbocycles. The monoisotopic (exact) mass is 179 g/mol. The first kappa shape index (κ1) is 11.9. The van der Waals surface area contributed by atoms with Crippen LogP contribution in [0.25, 0.3) is 0 Å². The lowest BCUT2D eigenvalue weighted by Gasteiger charge is -2.14. The van der Waals surface area contributed by atoms with E-state index in [-0.39, 0.29) is 5.78 Å². The second-order valence-electron chi connectivity index (χ2n) is 3.57. The zero-order chi connectivity index (χ0) is 10.3. The molecule has 0 aliphatic heterocycles. The lowest BCUT2D eigenvalue weighted by Crippen LogP contribution is -2.05. The Morgan fingerprint density at radius 2 is 2.15 bits per heavy atom. The average molecular weight is 179 g/mol. The van der Waals surface area contributed by atoms with E-state index in [1.807, 2.05) is 6.08 Å². The summed E-state index contributed by atoms with van der Waals surface area (Å²) in [5.41, 5.74) is 0. The van der Waals surface area contributed by atoms with Gasteiger partial charge < -0.3 is 0 Å². The second-order valence-corrected chi connectivity index (χ2v) is 3.57. The number of rotatable bonds is 5. The van der Waals surface area contributed by atoms with Crippen LogP contribution in [0.1, 0.15) is 33.6 Å². The van der Waals surface area contributed by atoms with Crippen LogP contribution in [0.3, 0.4) is 0 Å². The molecule has 0 fully saturated rings. The largest absolute Gasteiger partial charge is 0.295 e. The molecule has 0 bridgehead atoms. The molecular weight excluding hydrogens is 162 g/mol. The van der Waals surface area contributed by atoms with Gasteiger partial charge in [0.1, 0.15) is 0 Å². The average Bonchev–Trinajstić information content (AvgIpc) is 2.03. The fraction of sp³-hybridized carbons (Fsp3) is 0.636. The molecule has 0 aromatic rings. The molecule has 0 aliphatic rings. The van der Waals surface area contributed by atoms with Gasteiger partial charge in [0.05, 0.1) is 6.07 Å². The van der Waals surface area contributed by atoms with E-state index in [4.69, 9.17) is 5.26 Å².